The molecule has 7 heteroatoms. The molecule has 1 atom stereocenters. The predicted octanol–water partition coefficient (Wildman–Crippen LogP) is 1.82. The van der Waals surface area contributed by atoms with Gasteiger partial charge in [0.15, 0.2) is 22.8 Å². The van der Waals surface area contributed by atoms with Crippen LogP contribution in [-0.2, 0) is 0 Å². The lowest BCUT2D eigenvalue weighted by Crippen LogP contribution is -2.47. The van der Waals surface area contributed by atoms with Crippen LogP contribution in [0.1, 0.15) is 17.4 Å². The minimum absolute atomic E-state index is 0.0945. The summed E-state index contributed by atoms with van der Waals surface area (Å²) in [4.78, 5) is 10.7. The fourth-order valence-electron chi connectivity index (χ4n) is 2.08. The number of carboxylic acids is 1. The number of aromatic carboxylic acids is 1. The van der Waals surface area contributed by atoms with Gasteiger partial charge in [-0.05, 0) is 31.2 Å². The Hall–Kier alpha value is -2.83. The maximum atomic E-state index is 10.7. The first-order valence-electron chi connectivity index (χ1n) is 6.77. The van der Waals surface area contributed by atoms with Gasteiger partial charge >= 0.3 is 5.97 Å². The van der Waals surface area contributed by atoms with Gasteiger partial charge in [-0.15, -0.1) is 10.2 Å². The fourth-order valence-corrected chi connectivity index (χ4v) is 2.08. The van der Waals surface area contributed by atoms with Gasteiger partial charge in [-0.2, -0.15) is 0 Å². The van der Waals surface area contributed by atoms with Gasteiger partial charge in [0.25, 0.3) is 0 Å². The second kappa shape index (κ2) is 5.51. The predicted molar refractivity (Wildman–Crippen MR) is 78.5 cm³/mol. The number of para-hydroxylation sites is 2. The number of nitrogens with one attached hydrogen (secondary N) is 1. The Kier molecular flexibility index (Phi) is 3.54. The number of aromatic nitrogens is 2. The van der Waals surface area contributed by atoms with Crippen LogP contribution >= 0.6 is 0 Å². The summed E-state index contributed by atoms with van der Waals surface area (Å²) in [6.07, 6.45) is 0. The van der Waals surface area contributed by atoms with E-state index in [0.717, 1.165) is 5.75 Å². The van der Waals surface area contributed by atoms with Crippen LogP contribution in [0.25, 0.3) is 0 Å². The molecule has 0 fully saturated rings. The molecule has 0 radical (unpaired) electrons. The lowest BCUT2D eigenvalue weighted by Gasteiger charge is -2.35. The van der Waals surface area contributed by atoms with Crippen molar-refractivity contribution in [2.24, 2.45) is 0 Å². The molecule has 3 rings (SSSR count). The van der Waals surface area contributed by atoms with Crippen LogP contribution < -0.4 is 14.8 Å². The smallest absolute Gasteiger partial charge is 0.356 e. The van der Waals surface area contributed by atoms with Crippen LogP contribution in [0.3, 0.4) is 0 Å². The third-order valence-electron chi connectivity index (χ3n) is 3.27. The molecule has 1 aliphatic rings. The third-order valence-corrected chi connectivity index (χ3v) is 3.27. The Labute approximate surface area is 126 Å². The lowest BCUT2D eigenvalue weighted by molar-refractivity contribution is 0.0166. The average Bonchev–Trinajstić information content (AvgIpc) is 2.53. The van der Waals surface area contributed by atoms with Gasteiger partial charge in [0.1, 0.15) is 12.4 Å². The summed E-state index contributed by atoms with van der Waals surface area (Å²) < 4.78 is 11.7. The number of carboxylic acid groups (broad SMARTS) is 1. The summed E-state index contributed by atoms with van der Waals surface area (Å²) in [5.41, 5.74) is -0.649. The Bertz CT molecular complexity index is 689. The zero-order valence-corrected chi connectivity index (χ0v) is 11.9. The molecule has 1 aromatic carbocycles. The number of carbonyl (C=O) groups is 1. The maximum absolute atomic E-state index is 10.7. The SMILES string of the molecule is CC1(CNc2ccc(C(=O)O)nn2)COc2ccccc2O1. The molecule has 0 saturated heterocycles. The molecule has 1 unspecified atom stereocenters. The quantitative estimate of drug-likeness (QED) is 0.889. The van der Waals surface area contributed by atoms with E-state index < -0.39 is 11.6 Å². The molecular weight excluding hydrogens is 286 g/mol. The van der Waals surface area contributed by atoms with E-state index in [2.05, 4.69) is 15.5 Å². The summed E-state index contributed by atoms with van der Waals surface area (Å²) >= 11 is 0. The fraction of sp³-hybridized carbons (Fsp3) is 0.267. The van der Waals surface area contributed by atoms with Crippen molar-refractivity contribution in [3.05, 3.63) is 42.1 Å². The van der Waals surface area contributed by atoms with Gasteiger partial charge in [-0.1, -0.05) is 12.1 Å². The first-order chi connectivity index (χ1) is 10.6. The Morgan fingerprint density at radius 3 is 2.73 bits per heavy atom. The third kappa shape index (κ3) is 2.93. The molecule has 114 valence electrons. The summed E-state index contributed by atoms with van der Waals surface area (Å²) in [6, 6.07) is 10.5. The molecule has 0 bridgehead atoms. The van der Waals surface area contributed by atoms with E-state index in [0.29, 0.717) is 24.7 Å². The molecule has 0 spiro atoms. The number of nitrogens with zero attached hydrogens (tertiary/aromatic N) is 2. The van der Waals surface area contributed by atoms with E-state index in [-0.39, 0.29) is 5.69 Å². The van der Waals surface area contributed by atoms with E-state index >= 15 is 0 Å². The number of hydrogen-bond donors (Lipinski definition) is 2. The molecule has 0 amide bonds. The largest absolute Gasteiger partial charge is 0.485 e. The monoisotopic (exact) mass is 301 g/mol. The molecule has 1 aliphatic heterocycles. The van der Waals surface area contributed by atoms with Crippen molar-refractivity contribution < 1.29 is 19.4 Å². The van der Waals surface area contributed by atoms with Crippen molar-refractivity contribution in [2.45, 2.75) is 12.5 Å². The van der Waals surface area contributed by atoms with Crippen LogP contribution in [0.5, 0.6) is 11.5 Å². The maximum Gasteiger partial charge on any atom is 0.356 e. The van der Waals surface area contributed by atoms with E-state index in [1.54, 1.807) is 6.07 Å². The van der Waals surface area contributed by atoms with Gasteiger partial charge in [-0.25, -0.2) is 4.79 Å². The summed E-state index contributed by atoms with van der Waals surface area (Å²) in [5, 5.41) is 19.3. The first kappa shape index (κ1) is 14.1. The van der Waals surface area contributed by atoms with Crippen molar-refractivity contribution in [1.29, 1.82) is 0 Å². The van der Waals surface area contributed by atoms with Crippen LogP contribution in [-0.4, -0.2) is 40.0 Å². The van der Waals surface area contributed by atoms with Crippen molar-refractivity contribution in [3.63, 3.8) is 0 Å². The molecule has 2 aromatic rings. The molecule has 0 saturated carbocycles. The van der Waals surface area contributed by atoms with Crippen LogP contribution in [0.2, 0.25) is 0 Å². The van der Waals surface area contributed by atoms with Gasteiger partial charge in [0.05, 0.1) is 6.54 Å². The molecule has 7 nitrogen and oxygen atoms in total. The van der Waals surface area contributed by atoms with E-state index in [1.165, 1.54) is 6.07 Å². The number of rotatable bonds is 4. The zero-order chi connectivity index (χ0) is 15.6. The van der Waals surface area contributed by atoms with Gasteiger partial charge < -0.3 is 19.9 Å². The topological polar surface area (TPSA) is 93.6 Å². The highest BCUT2D eigenvalue weighted by atomic mass is 16.6. The van der Waals surface area contributed by atoms with E-state index in [9.17, 15) is 4.79 Å². The van der Waals surface area contributed by atoms with E-state index in [4.69, 9.17) is 14.6 Å². The summed E-state index contributed by atoms with van der Waals surface area (Å²) in [5.74, 6) is 0.802. The van der Waals surface area contributed by atoms with Crippen molar-refractivity contribution in [3.8, 4) is 11.5 Å². The van der Waals surface area contributed by atoms with Crippen LogP contribution in [0, 0.1) is 0 Å². The Morgan fingerprint density at radius 2 is 2.05 bits per heavy atom. The zero-order valence-electron chi connectivity index (χ0n) is 11.9. The molecule has 1 aromatic heterocycles. The standard InChI is InChI=1S/C15H15N3O4/c1-15(9-21-11-4-2-3-5-12(11)22-15)8-16-13-7-6-10(14(19)20)17-18-13/h2-7H,8-9H2,1H3,(H,16,18)(H,19,20). The molecular formula is C15H15N3O4. The van der Waals surface area contributed by atoms with Crippen LogP contribution in [0.4, 0.5) is 5.82 Å². The van der Waals surface area contributed by atoms with Gasteiger partial charge in [-0.3, -0.25) is 0 Å². The van der Waals surface area contributed by atoms with Crippen molar-refractivity contribution in [2.75, 3.05) is 18.5 Å². The molecule has 22 heavy (non-hydrogen) atoms. The second-order valence-corrected chi connectivity index (χ2v) is 5.25. The molecule has 2 N–H and O–H groups in total. The van der Waals surface area contributed by atoms with E-state index in [1.807, 2.05) is 31.2 Å². The molecule has 2 heterocycles. The van der Waals surface area contributed by atoms with Crippen LogP contribution in [0.15, 0.2) is 36.4 Å². The highest BCUT2D eigenvalue weighted by Crippen LogP contribution is 2.34. The highest BCUT2D eigenvalue weighted by molar-refractivity contribution is 5.85. The van der Waals surface area contributed by atoms with Gasteiger partial charge in [0.2, 0.25) is 0 Å². The lowest BCUT2D eigenvalue weighted by atomic mass is 10.1. The second-order valence-electron chi connectivity index (χ2n) is 5.25. The number of benzene rings is 1. The Morgan fingerprint density at radius 1 is 1.27 bits per heavy atom. The first-order valence-corrected chi connectivity index (χ1v) is 6.77. The van der Waals surface area contributed by atoms with Gasteiger partial charge in [0, 0.05) is 0 Å². The summed E-state index contributed by atoms with van der Waals surface area (Å²) in [7, 11) is 0. The number of hydrogen-bond acceptors (Lipinski definition) is 6. The molecule has 0 aliphatic carbocycles. The normalized spacial score (nSPS) is 19.5. The Balaban J connectivity index is 1.65. The number of anilines is 1. The van der Waals surface area contributed by atoms with Crippen molar-refractivity contribution in [1.82, 2.24) is 10.2 Å². The average molecular weight is 301 g/mol. The minimum Gasteiger partial charge on any atom is -0.485 e. The number of ether oxygens (including phenoxy) is 2. The number of fused-ring (bicyclic) bond motifs is 1. The van der Waals surface area contributed by atoms with Crippen molar-refractivity contribution >= 4 is 11.8 Å². The minimum atomic E-state index is -1.10. The summed E-state index contributed by atoms with van der Waals surface area (Å²) in [6.45, 7) is 2.77. The highest BCUT2D eigenvalue weighted by Gasteiger charge is 2.33.